The molecule has 0 unspecified atom stereocenters. The third-order valence-corrected chi connectivity index (χ3v) is 5.35. The summed E-state index contributed by atoms with van der Waals surface area (Å²) in [5, 5.41) is 0. The SMILES string of the molecule is C=COC(/C=C\C(=C)C(c1ccccc1)(c1ccccc1)c1ccc(OC=C)cc1)=C/C. The Bertz CT molecular complexity index is 1070. The molecule has 3 aromatic carbocycles. The Morgan fingerprint density at radius 2 is 1.25 bits per heavy atom. The van der Waals surface area contributed by atoms with Crippen LogP contribution in [0.5, 0.6) is 5.75 Å². The summed E-state index contributed by atoms with van der Waals surface area (Å²) in [5.41, 5.74) is 3.60. The minimum absolute atomic E-state index is 0.612. The molecule has 0 aromatic heterocycles. The van der Waals surface area contributed by atoms with Gasteiger partial charge in [0.2, 0.25) is 0 Å². The molecule has 160 valence electrons. The molecule has 0 fully saturated rings. The van der Waals surface area contributed by atoms with Crippen LogP contribution in [0.1, 0.15) is 23.6 Å². The first-order chi connectivity index (χ1) is 15.7. The van der Waals surface area contributed by atoms with Crippen LogP contribution in [0.25, 0.3) is 0 Å². The maximum atomic E-state index is 5.49. The molecule has 0 saturated carbocycles. The lowest BCUT2D eigenvalue weighted by molar-refractivity contribution is 0.369. The van der Waals surface area contributed by atoms with Crippen molar-refractivity contribution in [1.29, 1.82) is 0 Å². The van der Waals surface area contributed by atoms with Crippen molar-refractivity contribution in [3.8, 4) is 5.75 Å². The number of benzene rings is 3. The van der Waals surface area contributed by atoms with Gasteiger partial charge < -0.3 is 9.47 Å². The highest BCUT2D eigenvalue weighted by molar-refractivity contribution is 5.61. The molecular formula is C30H28O2. The zero-order valence-electron chi connectivity index (χ0n) is 18.4. The van der Waals surface area contributed by atoms with Gasteiger partial charge in [0.15, 0.2) is 0 Å². The number of ether oxygens (including phenoxy) is 2. The van der Waals surface area contributed by atoms with Crippen LogP contribution in [-0.4, -0.2) is 0 Å². The van der Waals surface area contributed by atoms with Crippen LogP contribution < -0.4 is 4.74 Å². The average Bonchev–Trinajstić information content (AvgIpc) is 2.85. The topological polar surface area (TPSA) is 18.5 Å². The van der Waals surface area contributed by atoms with Gasteiger partial charge in [0.05, 0.1) is 17.9 Å². The van der Waals surface area contributed by atoms with Gasteiger partial charge in [-0.05, 0) is 53.5 Å². The van der Waals surface area contributed by atoms with Crippen molar-refractivity contribution >= 4 is 0 Å². The Hall–Kier alpha value is -4.04. The van der Waals surface area contributed by atoms with Crippen molar-refractivity contribution in [1.82, 2.24) is 0 Å². The minimum atomic E-state index is -0.612. The molecular weight excluding hydrogens is 392 g/mol. The van der Waals surface area contributed by atoms with Crippen molar-refractivity contribution in [2.45, 2.75) is 12.3 Å². The molecule has 0 amide bonds. The zero-order chi connectivity index (χ0) is 22.8. The summed E-state index contributed by atoms with van der Waals surface area (Å²) in [5.74, 6) is 1.43. The predicted octanol–water partition coefficient (Wildman–Crippen LogP) is 7.72. The highest BCUT2D eigenvalue weighted by Gasteiger charge is 2.38. The molecule has 0 heterocycles. The van der Waals surface area contributed by atoms with Gasteiger partial charge >= 0.3 is 0 Å². The van der Waals surface area contributed by atoms with Crippen LogP contribution in [-0.2, 0) is 10.2 Å². The summed E-state index contributed by atoms with van der Waals surface area (Å²) in [4.78, 5) is 0. The van der Waals surface area contributed by atoms with Gasteiger partial charge in [-0.3, -0.25) is 0 Å². The first-order valence-corrected chi connectivity index (χ1v) is 10.5. The van der Waals surface area contributed by atoms with E-state index in [9.17, 15) is 0 Å². The molecule has 0 bridgehead atoms. The van der Waals surface area contributed by atoms with E-state index in [2.05, 4.69) is 80.4 Å². The molecule has 3 aromatic rings. The lowest BCUT2D eigenvalue weighted by Crippen LogP contribution is -2.31. The van der Waals surface area contributed by atoms with Gasteiger partial charge in [-0.1, -0.05) is 98.6 Å². The average molecular weight is 421 g/mol. The molecule has 32 heavy (non-hydrogen) atoms. The normalized spacial score (nSPS) is 11.7. The van der Waals surface area contributed by atoms with E-state index in [4.69, 9.17) is 9.47 Å². The van der Waals surface area contributed by atoms with E-state index >= 15 is 0 Å². The molecule has 0 spiro atoms. The molecule has 0 saturated heterocycles. The second-order valence-corrected chi connectivity index (χ2v) is 7.13. The van der Waals surface area contributed by atoms with E-state index in [1.54, 1.807) is 0 Å². The maximum Gasteiger partial charge on any atom is 0.126 e. The van der Waals surface area contributed by atoms with Crippen molar-refractivity contribution in [3.63, 3.8) is 0 Å². The fraction of sp³-hybridized carbons (Fsp3) is 0.0667. The largest absolute Gasteiger partial charge is 0.466 e. The van der Waals surface area contributed by atoms with Crippen LogP contribution in [0.15, 0.2) is 147 Å². The Kier molecular flexibility index (Phi) is 7.66. The van der Waals surface area contributed by atoms with Gasteiger partial charge in [0.1, 0.15) is 11.5 Å². The summed E-state index contributed by atoms with van der Waals surface area (Å²) < 4.78 is 10.9. The smallest absolute Gasteiger partial charge is 0.126 e. The zero-order valence-corrected chi connectivity index (χ0v) is 18.4. The van der Waals surface area contributed by atoms with Crippen molar-refractivity contribution in [3.05, 3.63) is 163 Å². The fourth-order valence-corrected chi connectivity index (χ4v) is 3.92. The molecule has 2 nitrogen and oxygen atoms in total. The van der Waals surface area contributed by atoms with Crippen LogP contribution >= 0.6 is 0 Å². The van der Waals surface area contributed by atoms with E-state index in [0.29, 0.717) is 5.76 Å². The minimum Gasteiger partial charge on any atom is -0.466 e. The molecule has 0 aliphatic heterocycles. The van der Waals surface area contributed by atoms with E-state index in [1.807, 2.05) is 49.4 Å². The van der Waals surface area contributed by atoms with Crippen molar-refractivity contribution < 1.29 is 9.47 Å². The molecule has 0 atom stereocenters. The summed E-state index contributed by atoms with van der Waals surface area (Å²) in [6, 6.07) is 28.9. The summed E-state index contributed by atoms with van der Waals surface area (Å²) in [6.07, 6.45) is 8.66. The van der Waals surface area contributed by atoms with Crippen LogP contribution in [0.4, 0.5) is 0 Å². The molecule has 0 aliphatic rings. The standard InChI is InChI=1S/C30H28O2/c1-5-28(31-6-2)21-18-24(4)30(25-14-10-8-11-15-25,26-16-12-9-13-17-26)27-19-22-29(23-20-27)32-7-3/h5-23H,2-4H2,1H3/b21-18-,28-5+. The van der Waals surface area contributed by atoms with E-state index in [1.165, 1.54) is 12.5 Å². The third kappa shape index (κ3) is 4.65. The van der Waals surface area contributed by atoms with Crippen LogP contribution in [0.2, 0.25) is 0 Å². The highest BCUT2D eigenvalue weighted by Crippen LogP contribution is 2.45. The number of rotatable bonds is 10. The highest BCUT2D eigenvalue weighted by atomic mass is 16.5. The molecule has 0 N–H and O–H groups in total. The quantitative estimate of drug-likeness (QED) is 0.190. The van der Waals surface area contributed by atoms with Crippen molar-refractivity contribution in [2.75, 3.05) is 0 Å². The number of allylic oxidation sites excluding steroid dienone is 4. The second kappa shape index (κ2) is 10.8. The lowest BCUT2D eigenvalue weighted by Gasteiger charge is -2.37. The van der Waals surface area contributed by atoms with E-state index in [-0.39, 0.29) is 0 Å². The second-order valence-electron chi connectivity index (χ2n) is 7.13. The molecule has 3 rings (SSSR count). The Labute approximate surface area is 191 Å². The maximum absolute atomic E-state index is 5.49. The van der Waals surface area contributed by atoms with Gasteiger partial charge in [0.25, 0.3) is 0 Å². The van der Waals surface area contributed by atoms with Crippen molar-refractivity contribution in [2.24, 2.45) is 0 Å². The first kappa shape index (κ1) is 22.6. The first-order valence-electron chi connectivity index (χ1n) is 10.5. The van der Waals surface area contributed by atoms with Gasteiger partial charge in [-0.25, -0.2) is 0 Å². The van der Waals surface area contributed by atoms with Crippen LogP contribution in [0.3, 0.4) is 0 Å². The molecule has 0 radical (unpaired) electrons. The Balaban J connectivity index is 2.27. The van der Waals surface area contributed by atoms with E-state index < -0.39 is 5.41 Å². The van der Waals surface area contributed by atoms with Gasteiger partial charge in [-0.2, -0.15) is 0 Å². The summed E-state index contributed by atoms with van der Waals surface area (Å²) >= 11 is 0. The fourth-order valence-electron chi connectivity index (χ4n) is 3.92. The Morgan fingerprint density at radius 3 is 1.72 bits per heavy atom. The predicted molar refractivity (Wildman–Crippen MR) is 133 cm³/mol. The Morgan fingerprint density at radius 1 is 0.719 bits per heavy atom. The van der Waals surface area contributed by atoms with Gasteiger partial charge in [-0.15, -0.1) is 0 Å². The summed E-state index contributed by atoms with van der Waals surface area (Å²) in [6.45, 7) is 13.8. The number of hydrogen-bond donors (Lipinski definition) is 0. The van der Waals surface area contributed by atoms with Crippen LogP contribution in [0, 0.1) is 0 Å². The lowest BCUT2D eigenvalue weighted by atomic mass is 9.65. The van der Waals surface area contributed by atoms with E-state index in [0.717, 1.165) is 28.0 Å². The number of hydrogen-bond acceptors (Lipinski definition) is 2. The molecule has 0 aliphatic carbocycles. The monoisotopic (exact) mass is 420 g/mol. The molecule has 2 heteroatoms. The van der Waals surface area contributed by atoms with Gasteiger partial charge in [0, 0.05) is 0 Å². The summed E-state index contributed by atoms with van der Waals surface area (Å²) in [7, 11) is 0. The third-order valence-electron chi connectivity index (χ3n) is 5.35.